The molecule has 2 nitrogen and oxygen atoms in total. The molecule has 0 saturated carbocycles. The number of fused-ring (bicyclic) bond motifs is 1. The first-order chi connectivity index (χ1) is 9.24. The van der Waals surface area contributed by atoms with Crippen LogP contribution in [0.1, 0.15) is 36.8 Å². The highest BCUT2D eigenvalue weighted by Crippen LogP contribution is 2.27. The highest BCUT2D eigenvalue weighted by molar-refractivity contribution is 5.26. The van der Waals surface area contributed by atoms with Crippen LogP contribution in [0.4, 0.5) is 4.39 Å². The highest BCUT2D eigenvalue weighted by atomic mass is 19.1. The second kappa shape index (κ2) is 5.59. The number of halogens is 1. The number of nitrogens with one attached hydrogen (secondary N) is 1. The molecule has 3 rings (SSSR count). The van der Waals surface area contributed by atoms with E-state index in [1.54, 1.807) is 6.07 Å². The predicted molar refractivity (Wildman–Crippen MR) is 75.6 cm³/mol. The van der Waals surface area contributed by atoms with E-state index in [1.165, 1.54) is 50.4 Å². The molecule has 3 heteroatoms. The first-order valence-electron chi connectivity index (χ1n) is 7.46. The van der Waals surface area contributed by atoms with Crippen molar-refractivity contribution in [2.75, 3.05) is 13.1 Å². The van der Waals surface area contributed by atoms with E-state index >= 15 is 0 Å². The lowest BCUT2D eigenvalue weighted by Crippen LogP contribution is -2.44. The Labute approximate surface area is 115 Å². The molecule has 2 heterocycles. The zero-order chi connectivity index (χ0) is 13.2. The molecule has 1 N–H and O–H groups in total. The van der Waals surface area contributed by atoms with Crippen LogP contribution in [0, 0.1) is 12.7 Å². The molecule has 0 bridgehead atoms. The Bertz CT molecular complexity index is 446. The number of hydrogen-bond donors (Lipinski definition) is 1. The minimum absolute atomic E-state index is 0.131. The van der Waals surface area contributed by atoms with Crippen molar-refractivity contribution in [2.45, 2.75) is 51.2 Å². The summed E-state index contributed by atoms with van der Waals surface area (Å²) in [5.74, 6) is -0.131. The molecular weight excluding hydrogens is 239 g/mol. The van der Waals surface area contributed by atoms with Gasteiger partial charge in [0.05, 0.1) is 0 Å². The summed E-state index contributed by atoms with van der Waals surface area (Å²) in [5.41, 5.74) is 2.27. The Hall–Kier alpha value is -0.930. The van der Waals surface area contributed by atoms with Gasteiger partial charge in [-0.2, -0.15) is 0 Å². The fourth-order valence-electron chi connectivity index (χ4n) is 3.56. The summed E-state index contributed by atoms with van der Waals surface area (Å²) in [4.78, 5) is 2.62. The fourth-order valence-corrected chi connectivity index (χ4v) is 3.56. The van der Waals surface area contributed by atoms with Crippen molar-refractivity contribution < 1.29 is 4.39 Å². The lowest BCUT2D eigenvalue weighted by atomic mass is 9.98. The van der Waals surface area contributed by atoms with Gasteiger partial charge in [-0.25, -0.2) is 4.39 Å². The van der Waals surface area contributed by atoms with E-state index < -0.39 is 0 Å². The lowest BCUT2D eigenvalue weighted by molar-refractivity contribution is 0.180. The maximum atomic E-state index is 13.3. The van der Waals surface area contributed by atoms with E-state index in [1.807, 2.05) is 6.07 Å². The number of benzene rings is 1. The maximum absolute atomic E-state index is 13.3. The summed E-state index contributed by atoms with van der Waals surface area (Å²) in [7, 11) is 0. The molecule has 0 amide bonds. The first-order valence-corrected chi connectivity index (χ1v) is 7.46. The largest absolute Gasteiger partial charge is 0.308 e. The first kappa shape index (κ1) is 13.1. The smallest absolute Gasteiger partial charge is 0.123 e. The Morgan fingerprint density at radius 1 is 1.26 bits per heavy atom. The molecule has 0 aromatic heterocycles. The number of nitrogens with zero attached hydrogens (tertiary/aromatic N) is 1. The average Bonchev–Trinajstić information content (AvgIpc) is 2.83. The molecule has 1 aromatic rings. The van der Waals surface area contributed by atoms with Gasteiger partial charge >= 0.3 is 0 Å². The molecule has 0 radical (unpaired) electrons. The van der Waals surface area contributed by atoms with Gasteiger partial charge in [-0.05, 0) is 56.0 Å². The molecule has 19 heavy (non-hydrogen) atoms. The zero-order valence-electron chi connectivity index (χ0n) is 11.7. The zero-order valence-corrected chi connectivity index (χ0v) is 11.7. The van der Waals surface area contributed by atoms with Crippen LogP contribution in [0.2, 0.25) is 0 Å². The van der Waals surface area contributed by atoms with Gasteiger partial charge in [0.1, 0.15) is 5.82 Å². The Balaban J connectivity index is 1.61. The van der Waals surface area contributed by atoms with Crippen molar-refractivity contribution in [1.29, 1.82) is 0 Å². The van der Waals surface area contributed by atoms with Crippen LogP contribution in [-0.2, 0) is 6.54 Å². The van der Waals surface area contributed by atoms with Crippen LogP contribution in [0.15, 0.2) is 18.2 Å². The number of hydrogen-bond acceptors (Lipinski definition) is 2. The SMILES string of the molecule is Cc1ccc(F)cc1CNC1CCN2CCCCC12. The van der Waals surface area contributed by atoms with Crippen LogP contribution < -0.4 is 5.32 Å². The van der Waals surface area contributed by atoms with E-state index in [9.17, 15) is 4.39 Å². The van der Waals surface area contributed by atoms with E-state index in [-0.39, 0.29) is 5.82 Å². The third-order valence-electron chi connectivity index (χ3n) is 4.72. The second-order valence-corrected chi connectivity index (χ2v) is 5.95. The third kappa shape index (κ3) is 2.82. The van der Waals surface area contributed by atoms with Crippen LogP contribution in [-0.4, -0.2) is 30.1 Å². The van der Waals surface area contributed by atoms with Crippen LogP contribution in [0.5, 0.6) is 0 Å². The molecule has 2 saturated heterocycles. The molecule has 2 fully saturated rings. The summed E-state index contributed by atoms with van der Waals surface area (Å²) in [5, 5.41) is 3.66. The van der Waals surface area contributed by atoms with Crippen molar-refractivity contribution >= 4 is 0 Å². The van der Waals surface area contributed by atoms with Crippen molar-refractivity contribution in [3.63, 3.8) is 0 Å². The van der Waals surface area contributed by atoms with Gasteiger partial charge < -0.3 is 5.32 Å². The molecule has 0 spiro atoms. The topological polar surface area (TPSA) is 15.3 Å². The monoisotopic (exact) mass is 262 g/mol. The van der Waals surface area contributed by atoms with E-state index in [2.05, 4.69) is 17.1 Å². The average molecular weight is 262 g/mol. The van der Waals surface area contributed by atoms with Gasteiger partial charge in [0.2, 0.25) is 0 Å². The van der Waals surface area contributed by atoms with Crippen molar-refractivity contribution in [3.8, 4) is 0 Å². The van der Waals surface area contributed by atoms with Gasteiger partial charge in [0.15, 0.2) is 0 Å². The lowest BCUT2D eigenvalue weighted by Gasteiger charge is -2.32. The molecular formula is C16H23FN2. The van der Waals surface area contributed by atoms with E-state index in [0.29, 0.717) is 12.1 Å². The van der Waals surface area contributed by atoms with Crippen molar-refractivity contribution in [2.24, 2.45) is 0 Å². The normalized spacial score (nSPS) is 27.5. The second-order valence-electron chi connectivity index (χ2n) is 5.95. The predicted octanol–water partition coefficient (Wildman–Crippen LogP) is 2.85. The van der Waals surface area contributed by atoms with Gasteiger partial charge in [0.25, 0.3) is 0 Å². The molecule has 2 aliphatic heterocycles. The molecule has 1 aromatic carbocycles. The third-order valence-corrected chi connectivity index (χ3v) is 4.72. The maximum Gasteiger partial charge on any atom is 0.123 e. The van der Waals surface area contributed by atoms with Gasteiger partial charge in [-0.15, -0.1) is 0 Å². The Morgan fingerprint density at radius 2 is 2.16 bits per heavy atom. The van der Waals surface area contributed by atoms with Crippen LogP contribution >= 0.6 is 0 Å². The number of aryl methyl sites for hydroxylation is 1. The molecule has 2 atom stereocenters. The number of piperidine rings is 1. The van der Waals surface area contributed by atoms with Crippen molar-refractivity contribution in [1.82, 2.24) is 10.2 Å². The number of rotatable bonds is 3. The summed E-state index contributed by atoms with van der Waals surface area (Å²) in [6.45, 7) is 5.34. The Kier molecular flexibility index (Phi) is 3.85. The molecule has 2 aliphatic rings. The van der Waals surface area contributed by atoms with Gasteiger partial charge in [0, 0.05) is 25.2 Å². The Morgan fingerprint density at radius 3 is 3.05 bits per heavy atom. The highest BCUT2D eigenvalue weighted by Gasteiger charge is 2.34. The molecule has 2 unspecified atom stereocenters. The standard InChI is InChI=1S/C16H23FN2/c1-12-5-6-14(17)10-13(12)11-18-15-7-9-19-8-3-2-4-16(15)19/h5-6,10,15-16,18H,2-4,7-9,11H2,1H3. The minimum Gasteiger partial charge on any atom is -0.308 e. The van der Waals surface area contributed by atoms with Crippen molar-refractivity contribution in [3.05, 3.63) is 35.1 Å². The van der Waals surface area contributed by atoms with Crippen LogP contribution in [0.25, 0.3) is 0 Å². The minimum atomic E-state index is -0.131. The van der Waals surface area contributed by atoms with Gasteiger partial charge in [-0.1, -0.05) is 12.5 Å². The summed E-state index contributed by atoms with van der Waals surface area (Å²) < 4.78 is 13.3. The van der Waals surface area contributed by atoms with E-state index in [0.717, 1.165) is 12.1 Å². The van der Waals surface area contributed by atoms with Crippen LogP contribution in [0.3, 0.4) is 0 Å². The molecule has 104 valence electrons. The van der Waals surface area contributed by atoms with Gasteiger partial charge in [-0.3, -0.25) is 4.90 Å². The quantitative estimate of drug-likeness (QED) is 0.901. The molecule has 0 aliphatic carbocycles. The summed E-state index contributed by atoms with van der Waals surface area (Å²) in [6.07, 6.45) is 5.27. The van der Waals surface area contributed by atoms with E-state index in [4.69, 9.17) is 0 Å². The summed E-state index contributed by atoms with van der Waals surface area (Å²) >= 11 is 0. The fraction of sp³-hybridized carbons (Fsp3) is 0.625. The summed E-state index contributed by atoms with van der Waals surface area (Å²) in [6, 6.07) is 6.37.